The van der Waals surface area contributed by atoms with Crippen LogP contribution in [0.15, 0.2) is 12.5 Å². The quantitative estimate of drug-likeness (QED) is 0.623. The van der Waals surface area contributed by atoms with Gasteiger partial charge in [0.25, 0.3) is 0 Å². The second-order valence-electron chi connectivity index (χ2n) is 3.10. The van der Waals surface area contributed by atoms with Crippen LogP contribution in [-0.4, -0.2) is 34.4 Å². The molecule has 0 saturated carbocycles. The Hall–Kier alpha value is -0.910. The molecule has 1 unspecified atom stereocenters. The van der Waals surface area contributed by atoms with E-state index in [0.717, 1.165) is 5.69 Å². The largest absolute Gasteiger partial charge is 0.396 e. The fourth-order valence-corrected chi connectivity index (χ4v) is 1.24. The van der Waals surface area contributed by atoms with Crippen LogP contribution in [0, 0.1) is 0 Å². The average molecular weight is 199 g/mol. The van der Waals surface area contributed by atoms with Crippen LogP contribution in [0.4, 0.5) is 0 Å². The van der Waals surface area contributed by atoms with E-state index < -0.39 is 0 Å². The number of ether oxygens (including phenoxy) is 1. The molecule has 14 heavy (non-hydrogen) atoms. The van der Waals surface area contributed by atoms with Crippen molar-refractivity contribution in [2.24, 2.45) is 12.8 Å². The molecule has 3 N–H and O–H groups in total. The van der Waals surface area contributed by atoms with Crippen LogP contribution in [0.1, 0.15) is 18.2 Å². The van der Waals surface area contributed by atoms with E-state index in [4.69, 9.17) is 15.6 Å². The highest BCUT2D eigenvalue weighted by atomic mass is 16.5. The van der Waals surface area contributed by atoms with E-state index in [-0.39, 0.29) is 12.7 Å². The average Bonchev–Trinajstić information content (AvgIpc) is 2.60. The van der Waals surface area contributed by atoms with Crippen LogP contribution in [0.3, 0.4) is 0 Å². The normalized spacial score (nSPS) is 13.1. The van der Waals surface area contributed by atoms with E-state index in [1.807, 2.05) is 11.6 Å². The van der Waals surface area contributed by atoms with Crippen molar-refractivity contribution in [3.05, 3.63) is 18.2 Å². The van der Waals surface area contributed by atoms with Gasteiger partial charge in [0, 0.05) is 26.8 Å². The zero-order valence-electron chi connectivity index (χ0n) is 8.39. The molecule has 1 heterocycles. The molecule has 80 valence electrons. The number of aliphatic hydroxyl groups excluding tert-OH is 1. The highest BCUT2D eigenvalue weighted by Crippen LogP contribution is 2.14. The second kappa shape index (κ2) is 5.74. The Labute approximate surface area is 83.5 Å². The smallest absolute Gasteiger partial charge is 0.111 e. The summed E-state index contributed by atoms with van der Waals surface area (Å²) < 4.78 is 7.40. The Balaban J connectivity index is 2.50. The molecule has 5 nitrogen and oxygen atoms in total. The van der Waals surface area contributed by atoms with Crippen LogP contribution < -0.4 is 5.73 Å². The molecule has 1 atom stereocenters. The van der Waals surface area contributed by atoms with Crippen molar-refractivity contribution >= 4 is 0 Å². The van der Waals surface area contributed by atoms with E-state index in [1.54, 1.807) is 12.5 Å². The Morgan fingerprint density at radius 3 is 3.00 bits per heavy atom. The molecule has 0 aliphatic carbocycles. The minimum absolute atomic E-state index is 0.131. The van der Waals surface area contributed by atoms with Gasteiger partial charge in [-0.3, -0.25) is 0 Å². The number of aliphatic hydroxyl groups is 1. The van der Waals surface area contributed by atoms with E-state index in [1.165, 1.54) is 0 Å². The van der Waals surface area contributed by atoms with Crippen molar-refractivity contribution in [3.63, 3.8) is 0 Å². The first kappa shape index (κ1) is 11.2. The molecule has 0 amide bonds. The zero-order chi connectivity index (χ0) is 10.4. The topological polar surface area (TPSA) is 73.3 Å². The fourth-order valence-electron chi connectivity index (χ4n) is 1.24. The maximum atomic E-state index is 8.61. The Kier molecular flexibility index (Phi) is 4.58. The standard InChI is InChI=1S/C9H17N3O2/c1-12-7-11-6-8(12)9(5-10)14-4-2-3-13/h6-7,9,13H,2-5,10H2,1H3. The summed E-state index contributed by atoms with van der Waals surface area (Å²) in [7, 11) is 1.90. The summed E-state index contributed by atoms with van der Waals surface area (Å²) in [5.74, 6) is 0. The van der Waals surface area contributed by atoms with Crippen molar-refractivity contribution < 1.29 is 9.84 Å². The molecule has 1 rings (SSSR count). The van der Waals surface area contributed by atoms with E-state index in [9.17, 15) is 0 Å². The van der Waals surface area contributed by atoms with Gasteiger partial charge in [-0.2, -0.15) is 0 Å². The molecule has 0 saturated heterocycles. The third-order valence-electron chi connectivity index (χ3n) is 2.02. The number of nitrogens with zero attached hydrogens (tertiary/aromatic N) is 2. The lowest BCUT2D eigenvalue weighted by Gasteiger charge is -2.15. The number of nitrogens with two attached hydrogens (primary N) is 1. The molecular weight excluding hydrogens is 182 g/mol. The van der Waals surface area contributed by atoms with Crippen molar-refractivity contribution in [1.29, 1.82) is 0 Å². The lowest BCUT2D eigenvalue weighted by Crippen LogP contribution is -2.19. The maximum absolute atomic E-state index is 8.61. The zero-order valence-corrected chi connectivity index (χ0v) is 8.39. The Morgan fingerprint density at radius 2 is 2.50 bits per heavy atom. The summed E-state index contributed by atoms with van der Waals surface area (Å²) in [6.45, 7) is 1.08. The van der Waals surface area contributed by atoms with Crippen LogP contribution in [0.5, 0.6) is 0 Å². The van der Waals surface area contributed by atoms with Gasteiger partial charge in [0.1, 0.15) is 6.10 Å². The van der Waals surface area contributed by atoms with Crippen molar-refractivity contribution in [2.45, 2.75) is 12.5 Å². The molecule has 0 spiro atoms. The molecule has 0 bridgehead atoms. The van der Waals surface area contributed by atoms with Gasteiger partial charge in [0.15, 0.2) is 0 Å². The third-order valence-corrected chi connectivity index (χ3v) is 2.02. The first-order valence-corrected chi connectivity index (χ1v) is 4.68. The van der Waals surface area contributed by atoms with E-state index >= 15 is 0 Å². The Morgan fingerprint density at radius 1 is 1.71 bits per heavy atom. The minimum Gasteiger partial charge on any atom is -0.396 e. The summed E-state index contributed by atoms with van der Waals surface area (Å²) in [6.07, 6.45) is 3.96. The van der Waals surface area contributed by atoms with Gasteiger partial charge in [-0.05, 0) is 6.42 Å². The van der Waals surface area contributed by atoms with Crippen molar-refractivity contribution in [3.8, 4) is 0 Å². The maximum Gasteiger partial charge on any atom is 0.111 e. The van der Waals surface area contributed by atoms with Gasteiger partial charge in [0.2, 0.25) is 0 Å². The molecule has 0 aliphatic rings. The number of imidazole rings is 1. The van der Waals surface area contributed by atoms with Crippen LogP contribution >= 0.6 is 0 Å². The second-order valence-corrected chi connectivity index (χ2v) is 3.10. The predicted octanol–water partition coefficient (Wildman–Crippen LogP) is -0.181. The Bertz CT molecular complexity index is 262. The highest BCUT2D eigenvalue weighted by molar-refractivity contribution is 5.02. The third kappa shape index (κ3) is 2.80. The highest BCUT2D eigenvalue weighted by Gasteiger charge is 2.12. The monoisotopic (exact) mass is 199 g/mol. The first-order chi connectivity index (χ1) is 6.79. The number of hydrogen-bond acceptors (Lipinski definition) is 4. The number of rotatable bonds is 6. The number of hydrogen-bond donors (Lipinski definition) is 2. The van der Waals surface area contributed by atoms with Gasteiger partial charge in [0.05, 0.1) is 18.2 Å². The molecular formula is C9H17N3O2. The van der Waals surface area contributed by atoms with Crippen molar-refractivity contribution in [1.82, 2.24) is 9.55 Å². The summed E-state index contributed by atoms with van der Waals surface area (Å²) in [5, 5.41) is 8.61. The summed E-state index contributed by atoms with van der Waals surface area (Å²) in [4.78, 5) is 4.00. The summed E-state index contributed by atoms with van der Waals surface area (Å²) in [5.41, 5.74) is 6.55. The number of aromatic nitrogens is 2. The van der Waals surface area contributed by atoms with Gasteiger partial charge in [-0.15, -0.1) is 0 Å². The van der Waals surface area contributed by atoms with Gasteiger partial charge >= 0.3 is 0 Å². The predicted molar refractivity (Wildman–Crippen MR) is 52.7 cm³/mol. The molecule has 0 aromatic carbocycles. The molecule has 0 radical (unpaired) electrons. The van der Waals surface area contributed by atoms with Crippen molar-refractivity contribution in [2.75, 3.05) is 19.8 Å². The molecule has 0 aliphatic heterocycles. The van der Waals surface area contributed by atoms with Crippen LogP contribution in [0.25, 0.3) is 0 Å². The molecule has 1 aromatic heterocycles. The van der Waals surface area contributed by atoms with Gasteiger partial charge < -0.3 is 20.1 Å². The lowest BCUT2D eigenvalue weighted by atomic mass is 10.2. The summed E-state index contributed by atoms with van der Waals surface area (Å²) >= 11 is 0. The first-order valence-electron chi connectivity index (χ1n) is 4.68. The van der Waals surface area contributed by atoms with Crippen LogP contribution in [0.2, 0.25) is 0 Å². The SMILES string of the molecule is Cn1cncc1C(CN)OCCCO. The lowest BCUT2D eigenvalue weighted by molar-refractivity contribution is 0.0445. The van der Waals surface area contributed by atoms with Gasteiger partial charge in [-0.25, -0.2) is 4.98 Å². The summed E-state index contributed by atoms with van der Waals surface area (Å²) in [6, 6.07) is 0. The molecule has 1 aromatic rings. The van der Waals surface area contributed by atoms with E-state index in [2.05, 4.69) is 4.98 Å². The fraction of sp³-hybridized carbons (Fsp3) is 0.667. The minimum atomic E-state index is -0.131. The van der Waals surface area contributed by atoms with E-state index in [0.29, 0.717) is 19.6 Å². The number of aryl methyl sites for hydroxylation is 1. The van der Waals surface area contributed by atoms with Gasteiger partial charge in [-0.1, -0.05) is 0 Å². The molecule has 0 fully saturated rings. The van der Waals surface area contributed by atoms with Crippen LogP contribution in [-0.2, 0) is 11.8 Å². The molecule has 5 heteroatoms.